The normalized spacial score (nSPS) is 15.6. The van der Waals surface area contributed by atoms with Crippen molar-refractivity contribution < 1.29 is 4.57 Å². The van der Waals surface area contributed by atoms with Crippen molar-refractivity contribution in [3.05, 3.63) is 89.4 Å². The summed E-state index contributed by atoms with van der Waals surface area (Å²) in [5.41, 5.74) is 4.68. The zero-order valence-electron chi connectivity index (χ0n) is 17.5. The number of rotatable bonds is 7. The molecule has 5 rings (SSSR count). The van der Waals surface area contributed by atoms with Crippen molar-refractivity contribution in [3.8, 4) is 16.3 Å². The molecule has 1 N–H and O–H groups in total. The van der Waals surface area contributed by atoms with Crippen molar-refractivity contribution in [1.82, 2.24) is 9.88 Å². The Morgan fingerprint density at radius 3 is 2.66 bits per heavy atom. The lowest BCUT2D eigenvalue weighted by Gasteiger charge is -2.22. The van der Waals surface area contributed by atoms with Crippen molar-refractivity contribution >= 4 is 40.4 Å². The molecule has 2 aromatic carbocycles. The molecule has 0 spiro atoms. The van der Waals surface area contributed by atoms with Gasteiger partial charge in [0.15, 0.2) is 11.9 Å². The summed E-state index contributed by atoms with van der Waals surface area (Å²) in [5.74, 6) is 0.743. The van der Waals surface area contributed by atoms with E-state index in [0.29, 0.717) is 11.7 Å². The molecule has 160 valence electrons. The summed E-state index contributed by atoms with van der Waals surface area (Å²) in [6.45, 7) is 2.81. The van der Waals surface area contributed by atoms with E-state index in [-0.39, 0.29) is 6.17 Å². The van der Waals surface area contributed by atoms with Crippen molar-refractivity contribution in [2.24, 2.45) is 10.2 Å². The van der Waals surface area contributed by atoms with E-state index in [1.165, 1.54) is 16.0 Å². The first-order valence-corrected chi connectivity index (χ1v) is 12.6. The Morgan fingerprint density at radius 2 is 1.91 bits per heavy atom. The van der Waals surface area contributed by atoms with Gasteiger partial charge in [0.05, 0.1) is 4.88 Å². The highest BCUT2D eigenvalue weighted by Gasteiger charge is 2.29. The van der Waals surface area contributed by atoms with Crippen LogP contribution >= 0.6 is 35.3 Å². The number of nitrogens with zero attached hydrogens (tertiary/aromatic N) is 4. The minimum Gasteiger partial charge on any atom is -0.317 e. The van der Waals surface area contributed by atoms with Crippen molar-refractivity contribution in [1.29, 1.82) is 0 Å². The van der Waals surface area contributed by atoms with E-state index in [1.54, 1.807) is 23.1 Å². The van der Waals surface area contributed by atoms with Gasteiger partial charge in [0.1, 0.15) is 11.9 Å². The monoisotopic (exact) mass is 476 g/mol. The van der Waals surface area contributed by atoms with Gasteiger partial charge in [0, 0.05) is 12.3 Å². The predicted molar refractivity (Wildman–Crippen MR) is 134 cm³/mol. The molecule has 4 aromatic rings. The van der Waals surface area contributed by atoms with Gasteiger partial charge in [0.25, 0.3) is 0 Å². The summed E-state index contributed by atoms with van der Waals surface area (Å²) >= 11 is 8.93. The number of hydrogen-bond acceptors (Lipinski definition) is 4. The van der Waals surface area contributed by atoms with Gasteiger partial charge >= 0.3 is 5.16 Å². The third-order valence-corrected chi connectivity index (χ3v) is 7.52. The SMILES string of the molecule is Cc1ccc(-[n+]2cc(-c3cccs3)[nH]c2SCC2N=NC(=S)N2Cc2ccccc2)cc1. The van der Waals surface area contributed by atoms with Crippen LogP contribution in [0.25, 0.3) is 16.3 Å². The molecular weight excluding hydrogens is 455 g/mol. The van der Waals surface area contributed by atoms with E-state index in [9.17, 15) is 0 Å². The zero-order valence-corrected chi connectivity index (χ0v) is 20.0. The average Bonchev–Trinajstić information content (AvgIpc) is 3.55. The van der Waals surface area contributed by atoms with Gasteiger partial charge in [-0.2, -0.15) is 9.68 Å². The number of azo groups is 1. The predicted octanol–water partition coefficient (Wildman–Crippen LogP) is 6.00. The Labute approximate surface area is 200 Å². The minimum absolute atomic E-state index is 0.0901. The summed E-state index contributed by atoms with van der Waals surface area (Å²) in [4.78, 5) is 6.92. The van der Waals surface area contributed by atoms with Crippen molar-refractivity contribution in [3.63, 3.8) is 0 Å². The number of nitrogens with one attached hydrogen (secondary N) is 1. The molecule has 32 heavy (non-hydrogen) atoms. The Morgan fingerprint density at radius 1 is 1.09 bits per heavy atom. The second kappa shape index (κ2) is 9.36. The zero-order chi connectivity index (χ0) is 21.9. The Hall–Kier alpha value is -2.81. The van der Waals surface area contributed by atoms with Crippen LogP contribution in [0.5, 0.6) is 0 Å². The number of aromatic nitrogens is 2. The molecule has 1 atom stereocenters. The number of thiocarbonyl (C=S) groups is 1. The fourth-order valence-electron chi connectivity index (χ4n) is 3.55. The Bertz CT molecular complexity index is 1230. The quantitative estimate of drug-likeness (QED) is 0.202. The van der Waals surface area contributed by atoms with E-state index in [0.717, 1.165) is 22.3 Å². The van der Waals surface area contributed by atoms with E-state index in [2.05, 4.69) is 91.7 Å². The fraction of sp³-hybridized carbons (Fsp3) is 0.167. The summed E-state index contributed by atoms with van der Waals surface area (Å²) in [5, 5.41) is 12.4. The van der Waals surface area contributed by atoms with Gasteiger partial charge < -0.3 is 4.90 Å². The standard InChI is InChI=1S/C24H21N5S3/c1-17-9-11-19(12-10-17)28-15-20(21-8-5-13-31-21)25-24(28)32-16-22-26-27-23(30)29(22)14-18-6-3-2-4-7-18/h2-13,15,22H,14,16H2,1H3/p+1. The second-order valence-electron chi connectivity index (χ2n) is 7.56. The maximum Gasteiger partial charge on any atom is 0.321 e. The topological polar surface area (TPSA) is 47.6 Å². The molecule has 0 saturated carbocycles. The summed E-state index contributed by atoms with van der Waals surface area (Å²) in [6, 6.07) is 23.1. The van der Waals surface area contributed by atoms with Crippen LogP contribution in [0, 0.1) is 6.92 Å². The Balaban J connectivity index is 1.39. The highest BCUT2D eigenvalue weighted by Crippen LogP contribution is 2.28. The number of thiophene rings is 1. The molecule has 1 aliphatic heterocycles. The molecule has 0 saturated heterocycles. The second-order valence-corrected chi connectivity index (χ2v) is 9.88. The first-order valence-electron chi connectivity index (χ1n) is 10.3. The van der Waals surface area contributed by atoms with Crippen molar-refractivity contribution in [2.45, 2.75) is 24.8 Å². The smallest absolute Gasteiger partial charge is 0.317 e. The lowest BCUT2D eigenvalue weighted by molar-refractivity contribution is -0.635. The molecule has 5 nitrogen and oxygen atoms in total. The maximum atomic E-state index is 5.46. The van der Waals surface area contributed by atoms with E-state index < -0.39 is 0 Å². The lowest BCUT2D eigenvalue weighted by atomic mass is 10.2. The highest BCUT2D eigenvalue weighted by molar-refractivity contribution is 7.99. The highest BCUT2D eigenvalue weighted by atomic mass is 32.2. The number of aryl methyl sites for hydroxylation is 1. The van der Waals surface area contributed by atoms with Gasteiger partial charge in [-0.05, 0) is 60.0 Å². The van der Waals surface area contributed by atoms with Crippen molar-refractivity contribution in [2.75, 3.05) is 5.75 Å². The third kappa shape index (κ3) is 4.53. The van der Waals surface area contributed by atoms with Gasteiger partial charge in [-0.3, -0.25) is 0 Å². The van der Waals surface area contributed by atoms with Gasteiger partial charge in [-0.25, -0.2) is 4.98 Å². The molecule has 2 aromatic heterocycles. The molecule has 0 aliphatic carbocycles. The molecule has 0 amide bonds. The molecule has 1 aliphatic rings. The van der Waals surface area contributed by atoms with E-state index >= 15 is 0 Å². The molecule has 0 radical (unpaired) electrons. The van der Waals surface area contributed by atoms with Crippen LogP contribution < -0.4 is 4.57 Å². The first-order chi connectivity index (χ1) is 15.7. The molecule has 1 unspecified atom stereocenters. The van der Waals surface area contributed by atoms with E-state index in [4.69, 9.17) is 12.2 Å². The number of hydrogen-bond donors (Lipinski definition) is 1. The van der Waals surface area contributed by atoms with Gasteiger partial charge in [-0.15, -0.1) is 16.5 Å². The van der Waals surface area contributed by atoms with Crippen LogP contribution in [0.1, 0.15) is 11.1 Å². The maximum absolute atomic E-state index is 5.46. The Kier molecular flexibility index (Phi) is 6.16. The molecule has 3 heterocycles. The largest absolute Gasteiger partial charge is 0.321 e. The number of H-pyrrole nitrogens is 1. The van der Waals surface area contributed by atoms with Gasteiger partial charge in [0.2, 0.25) is 5.11 Å². The number of imidazole rings is 1. The van der Waals surface area contributed by atoms with Gasteiger partial charge in [-0.1, -0.05) is 54.1 Å². The molecule has 8 heteroatoms. The third-order valence-electron chi connectivity index (χ3n) is 5.26. The summed E-state index contributed by atoms with van der Waals surface area (Å²) in [7, 11) is 0. The molecule has 0 bridgehead atoms. The van der Waals surface area contributed by atoms with Crippen LogP contribution in [-0.4, -0.2) is 26.9 Å². The fourth-order valence-corrected chi connectivity index (χ4v) is 5.51. The minimum atomic E-state index is -0.0901. The first kappa shape index (κ1) is 21.1. The molecule has 0 fully saturated rings. The summed E-state index contributed by atoms with van der Waals surface area (Å²) < 4.78 is 2.21. The lowest BCUT2D eigenvalue weighted by Crippen LogP contribution is -2.35. The van der Waals surface area contributed by atoms with E-state index in [1.807, 2.05) is 18.2 Å². The van der Waals surface area contributed by atoms with Crippen LogP contribution in [0.15, 0.2) is 93.7 Å². The number of thioether (sulfide) groups is 1. The van der Waals surface area contributed by atoms with Crippen LogP contribution in [0.3, 0.4) is 0 Å². The van der Waals surface area contributed by atoms with Crippen LogP contribution in [-0.2, 0) is 6.54 Å². The van der Waals surface area contributed by atoms with Crippen LogP contribution in [0.4, 0.5) is 0 Å². The molecular formula is C24H22N5S3+. The number of aromatic amines is 1. The average molecular weight is 477 g/mol. The van der Waals surface area contributed by atoms with Crippen LogP contribution in [0.2, 0.25) is 0 Å². The summed E-state index contributed by atoms with van der Waals surface area (Å²) in [6.07, 6.45) is 2.08. The number of benzene rings is 2.